The van der Waals surface area contributed by atoms with Crippen molar-refractivity contribution in [1.82, 2.24) is 5.43 Å². The molecule has 1 aromatic carbocycles. The molecule has 0 spiro atoms. The fraction of sp³-hybridized carbons (Fsp3) is 0.273. The lowest BCUT2D eigenvalue weighted by Crippen LogP contribution is -2.12. The zero-order chi connectivity index (χ0) is 12.1. The minimum absolute atomic E-state index is 0.0562. The second-order valence-electron chi connectivity index (χ2n) is 3.39. The van der Waals surface area contributed by atoms with Crippen LogP contribution in [0, 0.1) is 6.92 Å². The summed E-state index contributed by atoms with van der Waals surface area (Å²) in [6.07, 6.45) is 1.31. The monoisotopic (exact) mass is 222 g/mol. The largest absolute Gasteiger partial charge is 0.507 e. The van der Waals surface area contributed by atoms with E-state index in [2.05, 4.69) is 10.5 Å². The van der Waals surface area contributed by atoms with Crippen molar-refractivity contribution >= 4 is 12.1 Å². The van der Waals surface area contributed by atoms with Gasteiger partial charge in [0, 0.05) is 12.5 Å². The highest BCUT2D eigenvalue weighted by Gasteiger charge is 2.07. The van der Waals surface area contributed by atoms with Gasteiger partial charge < -0.3 is 10.2 Å². The fourth-order valence-electron chi connectivity index (χ4n) is 1.23. The summed E-state index contributed by atoms with van der Waals surface area (Å²) < 4.78 is 0. The molecule has 0 aromatic heterocycles. The molecule has 0 saturated carbocycles. The van der Waals surface area contributed by atoms with E-state index >= 15 is 0 Å². The Kier molecular flexibility index (Phi) is 4.02. The lowest BCUT2D eigenvalue weighted by Gasteiger charge is -2.07. The molecule has 0 bridgehead atoms. The van der Waals surface area contributed by atoms with Gasteiger partial charge in [0.1, 0.15) is 5.75 Å². The van der Waals surface area contributed by atoms with E-state index in [1.165, 1.54) is 13.1 Å². The summed E-state index contributed by atoms with van der Waals surface area (Å²) in [6, 6.07) is 3.40. The van der Waals surface area contributed by atoms with Crippen molar-refractivity contribution in [3.05, 3.63) is 28.8 Å². The van der Waals surface area contributed by atoms with Crippen molar-refractivity contribution in [2.45, 2.75) is 20.5 Å². The molecule has 1 amide bonds. The summed E-state index contributed by atoms with van der Waals surface area (Å²) in [6.45, 7) is 2.88. The van der Waals surface area contributed by atoms with Crippen molar-refractivity contribution < 1.29 is 15.0 Å². The molecule has 5 nitrogen and oxygen atoms in total. The number of hydrogen-bond donors (Lipinski definition) is 3. The van der Waals surface area contributed by atoms with Crippen molar-refractivity contribution in [2.24, 2.45) is 5.10 Å². The number of nitrogens with one attached hydrogen (secondary N) is 1. The molecular weight excluding hydrogens is 208 g/mol. The minimum Gasteiger partial charge on any atom is -0.507 e. The highest BCUT2D eigenvalue weighted by atomic mass is 16.3. The Bertz CT molecular complexity index is 427. The molecule has 0 heterocycles. The lowest BCUT2D eigenvalue weighted by atomic mass is 10.0. The van der Waals surface area contributed by atoms with Crippen LogP contribution in [0.15, 0.2) is 17.2 Å². The number of phenolic OH excluding ortho intramolecular Hbond substituents is 1. The number of hydrogen-bond acceptors (Lipinski definition) is 4. The smallest absolute Gasteiger partial charge is 0.236 e. The van der Waals surface area contributed by atoms with Crippen molar-refractivity contribution in [3.8, 4) is 5.75 Å². The maximum Gasteiger partial charge on any atom is 0.236 e. The van der Waals surface area contributed by atoms with Gasteiger partial charge in [0.05, 0.1) is 12.8 Å². The van der Waals surface area contributed by atoms with Crippen LogP contribution in [0.4, 0.5) is 0 Å². The predicted molar refractivity (Wildman–Crippen MR) is 60.2 cm³/mol. The first-order valence-corrected chi connectivity index (χ1v) is 4.78. The second kappa shape index (κ2) is 5.27. The molecule has 86 valence electrons. The van der Waals surface area contributed by atoms with Crippen LogP contribution in [0.2, 0.25) is 0 Å². The SMILES string of the molecule is CC(=O)N/N=C\c1c(CO)ccc(C)c1O. The summed E-state index contributed by atoms with van der Waals surface area (Å²) in [5, 5.41) is 22.5. The Labute approximate surface area is 93.4 Å². The Morgan fingerprint density at radius 1 is 1.56 bits per heavy atom. The van der Waals surface area contributed by atoms with Gasteiger partial charge in [0.2, 0.25) is 5.91 Å². The normalized spacial score (nSPS) is 10.7. The fourth-order valence-corrected chi connectivity index (χ4v) is 1.23. The molecule has 0 saturated heterocycles. The first-order chi connectivity index (χ1) is 7.56. The highest BCUT2D eigenvalue weighted by Crippen LogP contribution is 2.23. The molecule has 0 aliphatic heterocycles. The predicted octanol–water partition coefficient (Wildman–Crippen LogP) is 0.663. The number of carbonyl (C=O) groups excluding carboxylic acids is 1. The number of hydrazone groups is 1. The van der Waals surface area contributed by atoms with Gasteiger partial charge in [0.25, 0.3) is 0 Å². The van der Waals surface area contributed by atoms with Crippen molar-refractivity contribution in [2.75, 3.05) is 0 Å². The third kappa shape index (κ3) is 2.80. The summed E-state index contributed by atoms with van der Waals surface area (Å²) in [4.78, 5) is 10.6. The molecule has 5 heteroatoms. The second-order valence-corrected chi connectivity index (χ2v) is 3.39. The molecule has 16 heavy (non-hydrogen) atoms. The number of aliphatic hydroxyl groups excluding tert-OH is 1. The summed E-state index contributed by atoms with van der Waals surface area (Å²) in [5.41, 5.74) is 3.88. The van der Waals surface area contributed by atoms with E-state index in [9.17, 15) is 9.90 Å². The van der Waals surface area contributed by atoms with Gasteiger partial charge in [-0.1, -0.05) is 12.1 Å². The maximum absolute atomic E-state index is 10.6. The van der Waals surface area contributed by atoms with Gasteiger partial charge in [-0.05, 0) is 18.1 Å². The van der Waals surface area contributed by atoms with E-state index in [4.69, 9.17) is 5.11 Å². The zero-order valence-corrected chi connectivity index (χ0v) is 9.19. The summed E-state index contributed by atoms with van der Waals surface area (Å²) in [7, 11) is 0. The van der Waals surface area contributed by atoms with Crippen LogP contribution in [0.5, 0.6) is 5.75 Å². The Balaban J connectivity index is 3.05. The van der Waals surface area contributed by atoms with Gasteiger partial charge in [-0.15, -0.1) is 0 Å². The number of nitrogens with zero attached hydrogens (tertiary/aromatic N) is 1. The average molecular weight is 222 g/mol. The molecule has 0 radical (unpaired) electrons. The van der Waals surface area contributed by atoms with Crippen molar-refractivity contribution in [1.29, 1.82) is 0 Å². The topological polar surface area (TPSA) is 81.9 Å². The minimum atomic E-state index is -0.297. The molecule has 3 N–H and O–H groups in total. The van der Waals surface area contributed by atoms with Crippen LogP contribution in [0.25, 0.3) is 0 Å². The maximum atomic E-state index is 10.6. The number of aromatic hydroxyl groups is 1. The van der Waals surface area contributed by atoms with E-state index in [1.54, 1.807) is 19.1 Å². The lowest BCUT2D eigenvalue weighted by molar-refractivity contribution is -0.118. The van der Waals surface area contributed by atoms with E-state index in [0.29, 0.717) is 16.7 Å². The molecule has 0 unspecified atom stereocenters. The van der Waals surface area contributed by atoms with E-state index in [1.807, 2.05) is 0 Å². The number of rotatable bonds is 3. The summed E-state index contributed by atoms with van der Waals surface area (Å²) >= 11 is 0. The number of amides is 1. The zero-order valence-electron chi connectivity index (χ0n) is 9.19. The Morgan fingerprint density at radius 2 is 2.25 bits per heavy atom. The molecule has 0 aliphatic rings. The van der Waals surface area contributed by atoms with Crippen molar-refractivity contribution in [3.63, 3.8) is 0 Å². The van der Waals surface area contributed by atoms with Gasteiger partial charge in [0.15, 0.2) is 0 Å². The quantitative estimate of drug-likeness (QED) is 0.519. The Morgan fingerprint density at radius 3 is 2.81 bits per heavy atom. The van der Waals surface area contributed by atoms with Gasteiger partial charge >= 0.3 is 0 Å². The van der Waals surface area contributed by atoms with Crippen LogP contribution in [0.1, 0.15) is 23.6 Å². The molecule has 0 aliphatic carbocycles. The number of benzene rings is 1. The third-order valence-corrected chi connectivity index (χ3v) is 2.10. The third-order valence-electron chi connectivity index (χ3n) is 2.10. The highest BCUT2D eigenvalue weighted by molar-refractivity contribution is 5.87. The molecule has 1 rings (SSSR count). The van der Waals surface area contributed by atoms with Gasteiger partial charge in [-0.2, -0.15) is 5.10 Å². The number of carbonyl (C=O) groups is 1. The van der Waals surface area contributed by atoms with Gasteiger partial charge in [-0.3, -0.25) is 4.79 Å². The Hall–Kier alpha value is -1.88. The first kappa shape index (κ1) is 12.2. The molecular formula is C11H14N2O3. The van der Waals surface area contributed by atoms with Crippen LogP contribution in [-0.4, -0.2) is 22.3 Å². The molecule has 0 fully saturated rings. The van der Waals surface area contributed by atoms with E-state index < -0.39 is 0 Å². The van der Waals surface area contributed by atoms with E-state index in [0.717, 1.165) is 0 Å². The van der Waals surface area contributed by atoms with Gasteiger partial charge in [-0.25, -0.2) is 5.43 Å². The summed E-state index contributed by atoms with van der Waals surface area (Å²) in [5.74, 6) is -0.241. The van der Waals surface area contributed by atoms with Crippen LogP contribution < -0.4 is 5.43 Å². The van der Waals surface area contributed by atoms with Crippen LogP contribution in [0.3, 0.4) is 0 Å². The number of phenols is 1. The molecule has 0 atom stereocenters. The van der Waals surface area contributed by atoms with E-state index in [-0.39, 0.29) is 18.3 Å². The van der Waals surface area contributed by atoms with Crippen LogP contribution >= 0.6 is 0 Å². The number of aliphatic hydroxyl groups is 1. The average Bonchev–Trinajstić information content (AvgIpc) is 2.24. The first-order valence-electron chi connectivity index (χ1n) is 4.78. The number of aryl methyl sites for hydroxylation is 1. The standard InChI is InChI=1S/C11H14N2O3/c1-7-3-4-9(6-14)10(11(7)16)5-12-13-8(2)15/h3-5,14,16H,6H2,1-2H3,(H,13,15)/b12-5-. The molecule has 1 aromatic rings. The van der Waals surface area contributed by atoms with Crippen LogP contribution in [-0.2, 0) is 11.4 Å².